The van der Waals surface area contributed by atoms with Gasteiger partial charge < -0.3 is 5.32 Å². The molecule has 1 saturated heterocycles. The molecule has 2 aromatic rings. The first-order valence-corrected chi connectivity index (χ1v) is 9.12. The Morgan fingerprint density at radius 1 is 1.15 bits per heavy atom. The fraction of sp³-hybridized carbons (Fsp3) is 0.381. The fourth-order valence-corrected chi connectivity index (χ4v) is 3.48. The number of nitrogens with one attached hydrogen (secondary N) is 1. The van der Waals surface area contributed by atoms with Crippen molar-refractivity contribution in [2.24, 2.45) is 5.92 Å². The molecule has 0 radical (unpaired) electrons. The molecule has 0 bridgehead atoms. The Labute approximate surface area is 157 Å². The molecule has 1 heterocycles. The van der Waals surface area contributed by atoms with Crippen LogP contribution in [-0.4, -0.2) is 23.9 Å². The van der Waals surface area contributed by atoms with Gasteiger partial charge in [0.1, 0.15) is 0 Å². The number of carbonyl (C=O) groups excluding carboxylic acids is 1. The van der Waals surface area contributed by atoms with E-state index in [9.17, 15) is 18.0 Å². The third kappa shape index (κ3) is 5.10. The van der Waals surface area contributed by atoms with Gasteiger partial charge in [-0.1, -0.05) is 31.2 Å². The predicted molar refractivity (Wildman–Crippen MR) is 99.5 cm³/mol. The first-order valence-electron chi connectivity index (χ1n) is 9.12. The fourth-order valence-electron chi connectivity index (χ4n) is 3.48. The van der Waals surface area contributed by atoms with E-state index in [1.807, 2.05) is 12.1 Å². The summed E-state index contributed by atoms with van der Waals surface area (Å²) < 4.78 is 39.1. The largest absolute Gasteiger partial charge is 0.418 e. The summed E-state index contributed by atoms with van der Waals surface area (Å²) in [5, 5.41) is 2.37. The molecule has 6 heteroatoms. The normalized spacial score (nSPS) is 18.3. The van der Waals surface area contributed by atoms with Gasteiger partial charge in [-0.15, -0.1) is 0 Å². The summed E-state index contributed by atoms with van der Waals surface area (Å²) in [7, 11) is 0. The Kier molecular flexibility index (Phi) is 5.85. The number of hydrogen-bond donors (Lipinski definition) is 1. The van der Waals surface area contributed by atoms with Gasteiger partial charge in [0, 0.05) is 18.7 Å². The van der Waals surface area contributed by atoms with E-state index in [-0.39, 0.29) is 5.69 Å². The van der Waals surface area contributed by atoms with E-state index in [1.165, 1.54) is 31.0 Å². The number of likely N-dealkylation sites (tertiary alicyclic amines) is 1. The van der Waals surface area contributed by atoms with Crippen molar-refractivity contribution in [2.45, 2.75) is 32.5 Å². The van der Waals surface area contributed by atoms with Crippen LogP contribution < -0.4 is 5.32 Å². The van der Waals surface area contributed by atoms with E-state index in [1.54, 1.807) is 12.1 Å². The van der Waals surface area contributed by atoms with Crippen LogP contribution >= 0.6 is 0 Å². The zero-order chi connectivity index (χ0) is 19.4. The third-order valence-electron chi connectivity index (χ3n) is 4.84. The van der Waals surface area contributed by atoms with Crippen molar-refractivity contribution in [1.82, 2.24) is 4.90 Å². The van der Waals surface area contributed by atoms with Gasteiger partial charge in [-0.25, -0.2) is 0 Å². The number of anilines is 1. The first-order chi connectivity index (χ1) is 12.8. The molecule has 0 saturated carbocycles. The highest BCUT2D eigenvalue weighted by atomic mass is 19.4. The average molecular weight is 376 g/mol. The van der Waals surface area contributed by atoms with Gasteiger partial charge in [0.2, 0.25) is 0 Å². The summed E-state index contributed by atoms with van der Waals surface area (Å²) in [6.07, 6.45) is -2.06. The monoisotopic (exact) mass is 376 g/mol. The van der Waals surface area contributed by atoms with Gasteiger partial charge in [0.05, 0.1) is 11.3 Å². The second kappa shape index (κ2) is 8.13. The summed E-state index contributed by atoms with van der Waals surface area (Å²) >= 11 is 0. The minimum atomic E-state index is -4.51. The first kappa shape index (κ1) is 19.4. The molecule has 1 unspecified atom stereocenters. The number of carbonyl (C=O) groups is 1. The zero-order valence-electron chi connectivity index (χ0n) is 15.2. The Morgan fingerprint density at radius 2 is 1.85 bits per heavy atom. The molecule has 0 aliphatic carbocycles. The summed E-state index contributed by atoms with van der Waals surface area (Å²) in [4.78, 5) is 14.7. The van der Waals surface area contributed by atoms with Crippen LogP contribution in [0.4, 0.5) is 18.9 Å². The SMILES string of the molecule is CC1CCCN(Cc2ccc(C(=O)Nc3ccccc3C(F)(F)F)cc2)C1. The lowest BCUT2D eigenvalue weighted by atomic mass is 9.99. The number of piperidine rings is 1. The van der Waals surface area contributed by atoms with Crippen molar-refractivity contribution in [2.75, 3.05) is 18.4 Å². The molecule has 1 N–H and O–H groups in total. The Hall–Kier alpha value is -2.34. The molecule has 0 spiro atoms. The van der Waals surface area contributed by atoms with Gasteiger partial charge in [0.25, 0.3) is 5.91 Å². The second-order valence-corrected chi connectivity index (χ2v) is 7.18. The van der Waals surface area contributed by atoms with Crippen molar-refractivity contribution in [1.29, 1.82) is 0 Å². The summed E-state index contributed by atoms with van der Waals surface area (Å²) in [5.41, 5.74) is 0.342. The van der Waals surface area contributed by atoms with E-state index in [0.717, 1.165) is 31.3 Å². The molecule has 2 aromatic carbocycles. The van der Waals surface area contributed by atoms with Crippen molar-refractivity contribution in [3.63, 3.8) is 0 Å². The Bertz CT molecular complexity index is 787. The van der Waals surface area contributed by atoms with Crippen LogP contribution in [0.2, 0.25) is 0 Å². The van der Waals surface area contributed by atoms with Crippen molar-refractivity contribution < 1.29 is 18.0 Å². The number of halogens is 3. The molecule has 3 nitrogen and oxygen atoms in total. The van der Waals surface area contributed by atoms with Crippen molar-refractivity contribution in [3.8, 4) is 0 Å². The van der Waals surface area contributed by atoms with Gasteiger partial charge in [-0.3, -0.25) is 9.69 Å². The smallest absolute Gasteiger partial charge is 0.321 e. The minimum Gasteiger partial charge on any atom is -0.321 e. The number of alkyl halides is 3. The highest BCUT2D eigenvalue weighted by molar-refractivity contribution is 6.04. The molecule has 27 heavy (non-hydrogen) atoms. The number of hydrogen-bond acceptors (Lipinski definition) is 2. The summed E-state index contributed by atoms with van der Waals surface area (Å²) in [6.45, 7) is 5.21. The maximum Gasteiger partial charge on any atom is 0.418 e. The molecular formula is C21H23F3N2O. The minimum absolute atomic E-state index is 0.235. The number of benzene rings is 2. The quantitative estimate of drug-likeness (QED) is 0.796. The second-order valence-electron chi connectivity index (χ2n) is 7.18. The van der Waals surface area contributed by atoms with Crippen LogP contribution in [0.5, 0.6) is 0 Å². The lowest BCUT2D eigenvalue weighted by Gasteiger charge is -2.30. The lowest BCUT2D eigenvalue weighted by molar-refractivity contribution is -0.136. The molecule has 3 rings (SSSR count). The molecule has 1 aliphatic heterocycles. The number of amides is 1. The number of nitrogens with zero attached hydrogens (tertiary/aromatic N) is 1. The number of rotatable bonds is 4. The van der Waals surface area contributed by atoms with Gasteiger partial charge >= 0.3 is 6.18 Å². The third-order valence-corrected chi connectivity index (χ3v) is 4.84. The van der Waals surface area contributed by atoms with E-state index in [4.69, 9.17) is 0 Å². The van der Waals surface area contributed by atoms with Gasteiger partial charge in [-0.2, -0.15) is 13.2 Å². The molecular weight excluding hydrogens is 353 g/mol. The van der Waals surface area contributed by atoms with Crippen LogP contribution in [0.25, 0.3) is 0 Å². The molecule has 0 aromatic heterocycles. The van der Waals surface area contributed by atoms with Crippen LogP contribution in [0.3, 0.4) is 0 Å². The van der Waals surface area contributed by atoms with Crippen LogP contribution in [-0.2, 0) is 12.7 Å². The van der Waals surface area contributed by atoms with E-state index >= 15 is 0 Å². The maximum atomic E-state index is 13.0. The van der Waals surface area contributed by atoms with Crippen LogP contribution in [0, 0.1) is 5.92 Å². The predicted octanol–water partition coefficient (Wildman–Crippen LogP) is 5.19. The highest BCUT2D eigenvalue weighted by Crippen LogP contribution is 2.34. The average Bonchev–Trinajstić information content (AvgIpc) is 2.62. The van der Waals surface area contributed by atoms with Crippen molar-refractivity contribution in [3.05, 3.63) is 65.2 Å². The standard InChI is InChI=1S/C21H23F3N2O/c1-15-5-4-12-26(13-15)14-16-8-10-17(11-9-16)20(27)25-19-7-3-2-6-18(19)21(22,23)24/h2-3,6-11,15H,4-5,12-14H2,1H3,(H,25,27). The molecule has 1 amide bonds. The van der Waals surface area contributed by atoms with E-state index < -0.39 is 17.6 Å². The van der Waals surface area contributed by atoms with Crippen LogP contribution in [0.15, 0.2) is 48.5 Å². The van der Waals surface area contributed by atoms with Crippen molar-refractivity contribution >= 4 is 11.6 Å². The molecule has 1 fully saturated rings. The number of para-hydroxylation sites is 1. The maximum absolute atomic E-state index is 13.0. The van der Waals surface area contributed by atoms with Gasteiger partial charge in [0.15, 0.2) is 0 Å². The van der Waals surface area contributed by atoms with E-state index in [0.29, 0.717) is 11.5 Å². The summed E-state index contributed by atoms with van der Waals surface area (Å²) in [6, 6.07) is 12.0. The molecule has 1 aliphatic rings. The zero-order valence-corrected chi connectivity index (χ0v) is 15.2. The molecule has 1 atom stereocenters. The highest BCUT2D eigenvalue weighted by Gasteiger charge is 2.33. The van der Waals surface area contributed by atoms with Gasteiger partial charge in [-0.05, 0) is 55.1 Å². The lowest BCUT2D eigenvalue weighted by Crippen LogP contribution is -2.33. The Morgan fingerprint density at radius 3 is 2.52 bits per heavy atom. The molecule has 144 valence electrons. The Balaban J connectivity index is 1.66. The van der Waals surface area contributed by atoms with E-state index in [2.05, 4.69) is 17.1 Å². The van der Waals surface area contributed by atoms with Crippen LogP contribution in [0.1, 0.15) is 41.3 Å². The topological polar surface area (TPSA) is 32.3 Å². The summed E-state index contributed by atoms with van der Waals surface area (Å²) in [5.74, 6) is 0.141.